The van der Waals surface area contributed by atoms with Crippen molar-refractivity contribution >= 4 is 35.2 Å². The Morgan fingerprint density at radius 3 is 2.62 bits per heavy atom. The van der Waals surface area contributed by atoms with Crippen LogP contribution in [0.3, 0.4) is 0 Å². The zero-order valence-corrected chi connectivity index (χ0v) is 21.2. The maximum atomic E-state index is 13.1. The first-order chi connectivity index (χ1) is 17.8. The number of carboxylic acid groups (broad SMARTS) is 1. The molecule has 0 bridgehead atoms. The number of nitrogens with zero attached hydrogens (tertiary/aromatic N) is 4. The summed E-state index contributed by atoms with van der Waals surface area (Å²) in [5.41, 5.74) is 0.459. The normalized spacial score (nSPS) is 12.5. The number of hydrogen-bond donors (Lipinski definition) is 3. The minimum absolute atomic E-state index is 0.0277. The van der Waals surface area contributed by atoms with Crippen molar-refractivity contribution in [3.63, 3.8) is 0 Å². The summed E-state index contributed by atoms with van der Waals surface area (Å²) in [6, 6.07) is 7.33. The smallest absolute Gasteiger partial charge is 0.305 e. The Hall–Kier alpha value is -4.00. The molecular weight excluding hydrogens is 500 g/mol. The van der Waals surface area contributed by atoms with Gasteiger partial charge in [-0.3, -0.25) is 23.7 Å². The third-order valence-corrected chi connectivity index (χ3v) is 6.34. The molecule has 0 saturated heterocycles. The lowest BCUT2D eigenvalue weighted by Crippen LogP contribution is -2.47. The third kappa shape index (κ3) is 8.00. The lowest BCUT2D eigenvalue weighted by Gasteiger charge is -2.22. The predicted molar refractivity (Wildman–Crippen MR) is 136 cm³/mol. The molecule has 3 N–H and O–H groups in total. The van der Waals surface area contributed by atoms with Crippen molar-refractivity contribution < 1.29 is 24.0 Å². The van der Waals surface area contributed by atoms with Crippen LogP contribution < -0.4 is 16.2 Å². The number of carbonyl (C=O) groups excluding carboxylic acids is 2. The molecule has 1 aromatic carbocycles. The molecule has 2 atom stereocenters. The maximum absolute atomic E-state index is 13.1. The number of aliphatic carboxylic acids is 1. The summed E-state index contributed by atoms with van der Waals surface area (Å²) in [4.78, 5) is 58.4. The first kappa shape index (κ1) is 27.6. The number of thioether (sulfide) groups is 1. The van der Waals surface area contributed by atoms with E-state index in [1.165, 1.54) is 28.7 Å². The van der Waals surface area contributed by atoms with Crippen molar-refractivity contribution in [2.75, 3.05) is 11.1 Å². The Balaban J connectivity index is 1.68. The average Bonchev–Trinajstić information content (AvgIpc) is 3.29. The van der Waals surface area contributed by atoms with E-state index in [2.05, 4.69) is 25.8 Å². The summed E-state index contributed by atoms with van der Waals surface area (Å²) < 4.78 is 6.20. The van der Waals surface area contributed by atoms with Gasteiger partial charge >= 0.3 is 5.97 Å². The fraction of sp³-hybridized carbons (Fsp3) is 0.375. The molecule has 3 aromatic rings. The first-order valence-corrected chi connectivity index (χ1v) is 12.7. The van der Waals surface area contributed by atoms with E-state index < -0.39 is 41.7 Å². The molecule has 2 unspecified atom stereocenters. The van der Waals surface area contributed by atoms with Gasteiger partial charge in [-0.1, -0.05) is 42.4 Å². The minimum atomic E-state index is -1.22. The van der Waals surface area contributed by atoms with E-state index >= 15 is 0 Å². The topological polar surface area (TPSA) is 169 Å². The summed E-state index contributed by atoms with van der Waals surface area (Å²) in [7, 11) is 0. The van der Waals surface area contributed by atoms with E-state index in [1.807, 2.05) is 30.3 Å². The zero-order valence-electron chi connectivity index (χ0n) is 20.4. The number of Topliss-reactive ketones (excluding diaryl/α,β-unsaturated/α-hetero) is 1. The van der Waals surface area contributed by atoms with Crippen LogP contribution in [0.5, 0.6) is 0 Å². The first-order valence-electron chi connectivity index (χ1n) is 11.5. The number of carboxylic acids is 1. The molecule has 0 aliphatic rings. The highest BCUT2D eigenvalue weighted by atomic mass is 32.2. The summed E-state index contributed by atoms with van der Waals surface area (Å²) >= 11 is 1.33. The van der Waals surface area contributed by atoms with Crippen LogP contribution in [0.15, 0.2) is 52.0 Å². The van der Waals surface area contributed by atoms with E-state index in [1.54, 1.807) is 13.8 Å². The molecule has 37 heavy (non-hydrogen) atoms. The predicted octanol–water partition coefficient (Wildman–Crippen LogP) is 1.96. The number of ketones is 1. The Morgan fingerprint density at radius 1 is 1.22 bits per heavy atom. The van der Waals surface area contributed by atoms with Gasteiger partial charge in [-0.2, -0.15) is 4.98 Å². The fourth-order valence-corrected chi connectivity index (χ4v) is 4.44. The second-order valence-electron chi connectivity index (χ2n) is 8.10. The fourth-order valence-electron chi connectivity index (χ4n) is 3.50. The van der Waals surface area contributed by atoms with Crippen LogP contribution in [-0.4, -0.2) is 54.3 Å². The van der Waals surface area contributed by atoms with Crippen molar-refractivity contribution in [1.29, 1.82) is 0 Å². The summed E-state index contributed by atoms with van der Waals surface area (Å²) in [5.74, 6) is -0.983. The molecule has 0 saturated carbocycles. The molecule has 0 aliphatic carbocycles. The molecular formula is C24H28N6O6S. The largest absolute Gasteiger partial charge is 0.481 e. The molecule has 0 radical (unpaired) electrons. The number of aryl methyl sites for hydroxylation is 1. The average molecular weight is 529 g/mol. The van der Waals surface area contributed by atoms with Crippen LogP contribution in [0.1, 0.15) is 43.1 Å². The van der Waals surface area contributed by atoms with Crippen molar-refractivity contribution in [3.8, 4) is 0 Å². The Morgan fingerprint density at radius 2 is 1.97 bits per heavy atom. The SMILES string of the molecule is CCC(C(=O)NC(CC(=O)O)C(=O)CSCc1ccccc1)n1ccnc(NCc2nc(C)no2)c1=O. The Kier molecular flexibility index (Phi) is 9.95. The number of nitrogens with one attached hydrogen (secondary N) is 2. The van der Waals surface area contributed by atoms with E-state index in [4.69, 9.17) is 4.52 Å². The molecule has 2 aromatic heterocycles. The van der Waals surface area contributed by atoms with E-state index in [0.717, 1.165) is 5.56 Å². The summed E-state index contributed by atoms with van der Waals surface area (Å²) in [6.45, 7) is 3.43. The molecule has 0 fully saturated rings. The number of benzene rings is 1. The number of carbonyl (C=O) groups is 3. The van der Waals surface area contributed by atoms with Gasteiger partial charge in [-0.15, -0.1) is 11.8 Å². The minimum Gasteiger partial charge on any atom is -0.481 e. The quantitative estimate of drug-likeness (QED) is 0.279. The maximum Gasteiger partial charge on any atom is 0.305 e. The highest BCUT2D eigenvalue weighted by Crippen LogP contribution is 2.15. The number of aromatic nitrogens is 4. The molecule has 0 aliphatic heterocycles. The van der Waals surface area contributed by atoms with Crippen LogP contribution in [-0.2, 0) is 26.7 Å². The van der Waals surface area contributed by atoms with Gasteiger partial charge in [-0.25, -0.2) is 4.98 Å². The molecule has 0 spiro atoms. The monoisotopic (exact) mass is 528 g/mol. The molecule has 196 valence electrons. The third-order valence-electron chi connectivity index (χ3n) is 5.31. The number of rotatable bonds is 14. The molecule has 12 nitrogen and oxygen atoms in total. The van der Waals surface area contributed by atoms with E-state index in [9.17, 15) is 24.3 Å². The van der Waals surface area contributed by atoms with Gasteiger partial charge in [0, 0.05) is 18.1 Å². The molecule has 1 amide bonds. The van der Waals surface area contributed by atoms with Gasteiger partial charge in [0.05, 0.1) is 24.8 Å². The number of hydrogen-bond acceptors (Lipinski definition) is 10. The van der Waals surface area contributed by atoms with Gasteiger partial charge in [-0.05, 0) is 18.9 Å². The lowest BCUT2D eigenvalue weighted by molar-refractivity contribution is -0.140. The zero-order chi connectivity index (χ0) is 26.8. The standard InChI is InChI=1S/C24H28N6O6S/c1-3-18(30-10-9-25-22(24(30)35)26-12-20-27-15(2)29-36-20)23(34)28-17(11-21(32)33)19(31)14-37-13-16-7-5-4-6-8-16/h4-10,17-18H,3,11-14H2,1-2H3,(H,25,26)(H,28,34)(H,32,33). The lowest BCUT2D eigenvalue weighted by atomic mass is 10.1. The second-order valence-corrected chi connectivity index (χ2v) is 9.09. The van der Waals surface area contributed by atoms with Crippen LogP contribution >= 0.6 is 11.8 Å². The van der Waals surface area contributed by atoms with Gasteiger partial charge in [0.15, 0.2) is 17.4 Å². The Bertz CT molecular complexity index is 1280. The van der Waals surface area contributed by atoms with Crippen molar-refractivity contribution in [2.45, 2.75) is 51.1 Å². The highest BCUT2D eigenvalue weighted by molar-refractivity contribution is 7.99. The molecule has 3 rings (SSSR count). The van der Waals surface area contributed by atoms with Crippen molar-refractivity contribution in [2.24, 2.45) is 0 Å². The second kappa shape index (κ2) is 13.3. The summed E-state index contributed by atoms with van der Waals surface area (Å²) in [5, 5.41) is 18.3. The molecule has 2 heterocycles. The van der Waals surface area contributed by atoms with E-state index in [0.29, 0.717) is 11.6 Å². The van der Waals surface area contributed by atoms with Gasteiger partial charge in [0.2, 0.25) is 11.8 Å². The van der Waals surface area contributed by atoms with E-state index in [-0.39, 0.29) is 30.4 Å². The van der Waals surface area contributed by atoms with Crippen LogP contribution in [0.4, 0.5) is 5.82 Å². The van der Waals surface area contributed by atoms with Crippen molar-refractivity contribution in [3.05, 3.63) is 70.4 Å². The summed E-state index contributed by atoms with van der Waals surface area (Å²) in [6.07, 6.45) is 2.38. The van der Waals surface area contributed by atoms with Crippen LogP contribution in [0.25, 0.3) is 0 Å². The van der Waals surface area contributed by atoms with Gasteiger partial charge in [0.25, 0.3) is 5.56 Å². The number of anilines is 1. The van der Waals surface area contributed by atoms with Crippen LogP contribution in [0.2, 0.25) is 0 Å². The molecule has 13 heteroatoms. The van der Waals surface area contributed by atoms with Gasteiger partial charge < -0.3 is 20.3 Å². The van der Waals surface area contributed by atoms with Crippen LogP contribution in [0, 0.1) is 6.92 Å². The highest BCUT2D eigenvalue weighted by Gasteiger charge is 2.28. The van der Waals surface area contributed by atoms with Gasteiger partial charge in [0.1, 0.15) is 6.04 Å². The Labute approximate surface area is 216 Å². The van der Waals surface area contributed by atoms with Crippen molar-refractivity contribution in [1.82, 2.24) is 25.0 Å². The number of amides is 1.